The lowest BCUT2D eigenvalue weighted by Crippen LogP contribution is -1.65. The minimum atomic E-state index is 0.111. The first-order valence-corrected chi connectivity index (χ1v) is 2.87. The predicted molar refractivity (Wildman–Crippen MR) is 41.7 cm³/mol. The minimum absolute atomic E-state index is 0.111. The lowest BCUT2D eigenvalue weighted by Gasteiger charge is -1.65. The van der Waals surface area contributed by atoms with Gasteiger partial charge in [-0.1, -0.05) is 36.4 Å². The summed E-state index contributed by atoms with van der Waals surface area (Å²) in [5, 5.41) is 0. The standard InChI is InChI=1S/C4H6O.C2H2Cl2/c1-4(2)3-5;1-2(3)4/h3H,1H2,2H3;1H2. The summed E-state index contributed by atoms with van der Waals surface area (Å²) in [6.45, 7) is 8.05. The molecule has 0 aromatic rings. The van der Waals surface area contributed by atoms with Crippen molar-refractivity contribution in [1.29, 1.82) is 0 Å². The zero-order valence-corrected chi connectivity index (χ0v) is 6.67. The first kappa shape index (κ1) is 11.5. The molecule has 0 aliphatic rings. The molecule has 0 heterocycles. The Balaban J connectivity index is 0. The maximum absolute atomic E-state index is 9.41. The lowest BCUT2D eigenvalue weighted by molar-refractivity contribution is -0.104. The highest BCUT2D eigenvalue weighted by molar-refractivity contribution is 6.55. The van der Waals surface area contributed by atoms with E-state index in [0.29, 0.717) is 5.57 Å². The first-order valence-electron chi connectivity index (χ1n) is 2.11. The van der Waals surface area contributed by atoms with Gasteiger partial charge in [0.1, 0.15) is 6.29 Å². The average Bonchev–Trinajstić information content (AvgIpc) is 1.65. The summed E-state index contributed by atoms with van der Waals surface area (Å²) in [5.41, 5.74) is 0.574. The monoisotopic (exact) mass is 166 g/mol. The van der Waals surface area contributed by atoms with E-state index in [0.717, 1.165) is 6.29 Å². The van der Waals surface area contributed by atoms with Gasteiger partial charge in [-0.05, 0) is 12.5 Å². The van der Waals surface area contributed by atoms with Crippen LogP contribution in [0.2, 0.25) is 0 Å². The van der Waals surface area contributed by atoms with Crippen LogP contribution in [0.1, 0.15) is 6.92 Å². The summed E-state index contributed by atoms with van der Waals surface area (Å²) < 4.78 is 0.111. The average molecular weight is 167 g/mol. The Kier molecular flexibility index (Phi) is 9.89. The normalized spacial score (nSPS) is 6.56. The van der Waals surface area contributed by atoms with Gasteiger partial charge < -0.3 is 0 Å². The van der Waals surface area contributed by atoms with Crippen molar-refractivity contribution in [2.24, 2.45) is 0 Å². The molecule has 0 aliphatic heterocycles. The maximum Gasteiger partial charge on any atom is 0.145 e. The maximum atomic E-state index is 9.41. The van der Waals surface area contributed by atoms with Crippen LogP contribution < -0.4 is 0 Å². The predicted octanol–water partition coefficient (Wildman–Crippen LogP) is 2.70. The van der Waals surface area contributed by atoms with Gasteiger partial charge in [0.15, 0.2) is 0 Å². The van der Waals surface area contributed by atoms with Crippen LogP contribution in [0.5, 0.6) is 0 Å². The van der Waals surface area contributed by atoms with Gasteiger partial charge in [-0.15, -0.1) is 0 Å². The molecule has 0 N–H and O–H groups in total. The molecule has 0 unspecified atom stereocenters. The number of carbonyl (C=O) groups is 1. The van der Waals surface area contributed by atoms with E-state index in [9.17, 15) is 4.79 Å². The molecule has 0 aliphatic carbocycles. The zero-order valence-electron chi connectivity index (χ0n) is 5.16. The summed E-state index contributed by atoms with van der Waals surface area (Å²) in [5.74, 6) is 0. The summed E-state index contributed by atoms with van der Waals surface area (Å²) in [6, 6.07) is 0. The van der Waals surface area contributed by atoms with E-state index < -0.39 is 0 Å². The van der Waals surface area contributed by atoms with E-state index in [1.807, 2.05) is 0 Å². The Hall–Kier alpha value is -0.270. The van der Waals surface area contributed by atoms with Crippen LogP contribution in [0, 0.1) is 0 Å². The minimum Gasteiger partial charge on any atom is -0.298 e. The second-order valence-corrected chi connectivity index (χ2v) is 2.41. The van der Waals surface area contributed by atoms with Crippen LogP contribution >= 0.6 is 23.2 Å². The van der Waals surface area contributed by atoms with Crippen LogP contribution in [-0.4, -0.2) is 6.29 Å². The highest BCUT2D eigenvalue weighted by Crippen LogP contribution is 1.98. The van der Waals surface area contributed by atoms with Crippen molar-refractivity contribution in [2.75, 3.05) is 0 Å². The van der Waals surface area contributed by atoms with E-state index in [4.69, 9.17) is 23.2 Å². The van der Waals surface area contributed by atoms with Crippen LogP contribution in [0.25, 0.3) is 0 Å². The van der Waals surface area contributed by atoms with E-state index in [1.54, 1.807) is 6.92 Å². The smallest absolute Gasteiger partial charge is 0.145 e. The molecule has 0 aromatic carbocycles. The molecule has 0 bridgehead atoms. The Morgan fingerprint density at radius 3 is 1.56 bits per heavy atom. The molecule has 0 spiro atoms. The molecule has 0 saturated carbocycles. The molecule has 9 heavy (non-hydrogen) atoms. The first-order chi connectivity index (χ1) is 4.00. The Labute approximate surface area is 65.0 Å². The van der Waals surface area contributed by atoms with Gasteiger partial charge in [0.25, 0.3) is 0 Å². The topological polar surface area (TPSA) is 17.1 Å². The lowest BCUT2D eigenvalue weighted by atomic mass is 10.4. The van der Waals surface area contributed by atoms with E-state index in [-0.39, 0.29) is 4.49 Å². The van der Waals surface area contributed by atoms with Crippen LogP contribution in [-0.2, 0) is 4.79 Å². The number of rotatable bonds is 1. The summed E-state index contributed by atoms with van der Waals surface area (Å²) >= 11 is 9.69. The molecule has 0 rings (SSSR count). The zero-order chi connectivity index (χ0) is 7.86. The fourth-order valence-corrected chi connectivity index (χ4v) is 0. The van der Waals surface area contributed by atoms with Crippen molar-refractivity contribution in [1.82, 2.24) is 0 Å². The number of halogens is 2. The molecule has 0 aromatic heterocycles. The molecule has 0 radical (unpaired) electrons. The summed E-state index contributed by atoms with van der Waals surface area (Å²) in [7, 11) is 0. The number of hydrogen-bond acceptors (Lipinski definition) is 1. The third-order valence-electron chi connectivity index (χ3n) is 0.201. The van der Waals surface area contributed by atoms with Gasteiger partial charge in [0, 0.05) is 0 Å². The van der Waals surface area contributed by atoms with Crippen molar-refractivity contribution < 1.29 is 4.79 Å². The van der Waals surface area contributed by atoms with Crippen molar-refractivity contribution in [3.8, 4) is 0 Å². The van der Waals surface area contributed by atoms with Gasteiger partial charge in [-0.3, -0.25) is 4.79 Å². The van der Waals surface area contributed by atoms with E-state index in [1.165, 1.54) is 0 Å². The number of hydrogen-bond donors (Lipinski definition) is 0. The molecule has 3 heteroatoms. The Morgan fingerprint density at radius 2 is 1.56 bits per heavy atom. The van der Waals surface area contributed by atoms with Crippen LogP contribution in [0.4, 0.5) is 0 Å². The van der Waals surface area contributed by atoms with Crippen molar-refractivity contribution in [3.05, 3.63) is 23.2 Å². The van der Waals surface area contributed by atoms with Crippen molar-refractivity contribution >= 4 is 29.5 Å². The molecule has 52 valence electrons. The summed E-state index contributed by atoms with van der Waals surface area (Å²) in [6.07, 6.45) is 0.722. The fourth-order valence-electron chi connectivity index (χ4n) is 0. The second kappa shape index (κ2) is 7.73. The third kappa shape index (κ3) is 84.8. The molecule has 0 atom stereocenters. The van der Waals surface area contributed by atoms with E-state index >= 15 is 0 Å². The van der Waals surface area contributed by atoms with Crippen LogP contribution in [0.3, 0.4) is 0 Å². The molecule has 1 nitrogen and oxygen atoms in total. The van der Waals surface area contributed by atoms with Gasteiger partial charge >= 0.3 is 0 Å². The largest absolute Gasteiger partial charge is 0.298 e. The van der Waals surface area contributed by atoms with Gasteiger partial charge in [-0.25, -0.2) is 0 Å². The Bertz CT molecular complexity index is 114. The number of carbonyl (C=O) groups excluding carboxylic acids is 1. The number of aldehydes is 1. The molecule has 0 fully saturated rings. The van der Waals surface area contributed by atoms with Gasteiger partial charge in [0.05, 0.1) is 4.49 Å². The summed E-state index contributed by atoms with van der Waals surface area (Å²) in [4.78, 5) is 9.41. The molecule has 0 saturated heterocycles. The quantitative estimate of drug-likeness (QED) is 0.433. The Morgan fingerprint density at radius 1 is 1.44 bits per heavy atom. The third-order valence-corrected chi connectivity index (χ3v) is 0.201. The fraction of sp³-hybridized carbons (Fsp3) is 0.167. The number of allylic oxidation sites excluding steroid dienone is 1. The van der Waals surface area contributed by atoms with Crippen LogP contribution in [0.15, 0.2) is 23.2 Å². The van der Waals surface area contributed by atoms with E-state index in [2.05, 4.69) is 13.2 Å². The molecular weight excluding hydrogens is 159 g/mol. The highest BCUT2D eigenvalue weighted by atomic mass is 35.5. The highest BCUT2D eigenvalue weighted by Gasteiger charge is 1.66. The second-order valence-electron chi connectivity index (χ2n) is 1.30. The van der Waals surface area contributed by atoms with Gasteiger partial charge in [-0.2, -0.15) is 0 Å². The van der Waals surface area contributed by atoms with Crippen molar-refractivity contribution in [3.63, 3.8) is 0 Å². The molecule has 0 amide bonds. The van der Waals surface area contributed by atoms with Crippen molar-refractivity contribution in [2.45, 2.75) is 6.92 Å². The van der Waals surface area contributed by atoms with Gasteiger partial charge in [0.2, 0.25) is 0 Å². The SMILES string of the molecule is C=C(C)C=O.C=C(Cl)Cl. The molecular formula is C6H8Cl2O.